The normalized spacial score (nSPS) is 19.3. The van der Waals surface area contributed by atoms with Gasteiger partial charge in [0.1, 0.15) is 5.75 Å². The fraction of sp³-hybridized carbons (Fsp3) is 0.682. The number of hydrogen-bond donors (Lipinski definition) is 2. The van der Waals surface area contributed by atoms with Crippen LogP contribution in [0.25, 0.3) is 0 Å². The Hall–Kier alpha value is -1.75. The van der Waals surface area contributed by atoms with Crippen LogP contribution in [0.4, 0.5) is 0 Å². The van der Waals surface area contributed by atoms with Crippen LogP contribution in [0.1, 0.15) is 52.6 Å². The lowest BCUT2D eigenvalue weighted by Crippen LogP contribution is -2.39. The quantitative estimate of drug-likeness (QED) is 0.511. The summed E-state index contributed by atoms with van der Waals surface area (Å²) in [5.74, 6) is 3.04. The lowest BCUT2D eigenvalue weighted by molar-refractivity contribution is 0.271. The molecule has 5 nitrogen and oxygen atoms in total. The van der Waals surface area contributed by atoms with Crippen LogP contribution >= 0.6 is 0 Å². The van der Waals surface area contributed by atoms with E-state index >= 15 is 0 Å². The molecule has 152 valence electrons. The minimum absolute atomic E-state index is 0.192. The van der Waals surface area contributed by atoms with E-state index in [-0.39, 0.29) is 6.04 Å². The van der Waals surface area contributed by atoms with Gasteiger partial charge in [0, 0.05) is 19.6 Å². The van der Waals surface area contributed by atoms with Crippen LogP contribution in [-0.4, -0.2) is 50.2 Å². The molecule has 2 unspecified atom stereocenters. The van der Waals surface area contributed by atoms with Crippen molar-refractivity contribution in [1.29, 1.82) is 0 Å². The minimum atomic E-state index is 0.192. The van der Waals surface area contributed by atoms with Crippen molar-refractivity contribution in [3.8, 4) is 5.75 Å². The number of guanidine groups is 1. The molecule has 0 bridgehead atoms. The van der Waals surface area contributed by atoms with Crippen LogP contribution in [0.3, 0.4) is 0 Å². The van der Waals surface area contributed by atoms with Crippen LogP contribution in [0.5, 0.6) is 5.75 Å². The Morgan fingerprint density at radius 1 is 1.22 bits per heavy atom. The Morgan fingerprint density at radius 2 is 1.96 bits per heavy atom. The summed E-state index contributed by atoms with van der Waals surface area (Å²) in [6.45, 7) is 16.9. The first kappa shape index (κ1) is 21.5. The lowest BCUT2D eigenvalue weighted by atomic mass is 10.1. The third-order valence-electron chi connectivity index (χ3n) is 4.99. The SMILES string of the molecule is CCNC(=NCC1CCN(CC)C1)NC(C)c1ccc(OCC(C)C)cc1. The fourth-order valence-corrected chi connectivity index (χ4v) is 3.29. The smallest absolute Gasteiger partial charge is 0.191 e. The van der Waals surface area contributed by atoms with E-state index in [2.05, 4.69) is 74.4 Å². The number of rotatable bonds is 9. The number of hydrogen-bond acceptors (Lipinski definition) is 3. The molecule has 0 radical (unpaired) electrons. The first-order valence-electron chi connectivity index (χ1n) is 10.5. The first-order valence-corrected chi connectivity index (χ1v) is 10.5. The third-order valence-corrected chi connectivity index (χ3v) is 4.99. The molecule has 5 heteroatoms. The Labute approximate surface area is 165 Å². The van der Waals surface area contributed by atoms with Gasteiger partial charge < -0.3 is 20.3 Å². The molecule has 1 fully saturated rings. The minimum Gasteiger partial charge on any atom is -0.493 e. The second-order valence-corrected chi connectivity index (χ2v) is 7.91. The van der Waals surface area contributed by atoms with Gasteiger partial charge in [-0.2, -0.15) is 0 Å². The van der Waals surface area contributed by atoms with E-state index in [1.54, 1.807) is 0 Å². The highest BCUT2D eigenvalue weighted by atomic mass is 16.5. The van der Waals surface area contributed by atoms with E-state index in [9.17, 15) is 0 Å². The standard InChI is InChI=1S/C22H38N4O/c1-6-23-22(24-14-19-12-13-26(7-2)15-19)25-18(5)20-8-10-21(11-9-20)27-16-17(3)4/h8-11,17-19H,6-7,12-16H2,1-5H3,(H2,23,24,25). The van der Waals surface area contributed by atoms with Crippen molar-refractivity contribution in [3.05, 3.63) is 29.8 Å². The average Bonchev–Trinajstić information content (AvgIpc) is 3.13. The summed E-state index contributed by atoms with van der Waals surface area (Å²) in [5.41, 5.74) is 1.23. The van der Waals surface area contributed by atoms with Gasteiger partial charge in [-0.3, -0.25) is 4.99 Å². The zero-order valence-corrected chi connectivity index (χ0v) is 17.8. The summed E-state index contributed by atoms with van der Waals surface area (Å²) >= 11 is 0. The van der Waals surface area contributed by atoms with Crippen LogP contribution < -0.4 is 15.4 Å². The number of aliphatic imine (C=N–C) groups is 1. The Kier molecular flexibility index (Phi) is 8.92. The molecule has 0 spiro atoms. The number of ether oxygens (including phenoxy) is 1. The van der Waals surface area contributed by atoms with Crippen LogP contribution in [0.15, 0.2) is 29.3 Å². The van der Waals surface area contributed by atoms with Crippen LogP contribution in [-0.2, 0) is 0 Å². The molecule has 0 amide bonds. The van der Waals surface area contributed by atoms with E-state index < -0.39 is 0 Å². The summed E-state index contributed by atoms with van der Waals surface area (Å²) in [7, 11) is 0. The van der Waals surface area contributed by atoms with E-state index in [1.165, 1.54) is 25.1 Å². The highest BCUT2D eigenvalue weighted by molar-refractivity contribution is 5.80. The molecule has 0 aliphatic carbocycles. The zero-order chi connectivity index (χ0) is 19.6. The van der Waals surface area contributed by atoms with Gasteiger partial charge in [0.15, 0.2) is 5.96 Å². The van der Waals surface area contributed by atoms with E-state index in [0.29, 0.717) is 11.8 Å². The van der Waals surface area contributed by atoms with Crippen molar-refractivity contribution in [3.63, 3.8) is 0 Å². The maximum absolute atomic E-state index is 5.77. The van der Waals surface area contributed by atoms with Gasteiger partial charge in [-0.15, -0.1) is 0 Å². The molecule has 2 rings (SSSR count). The molecule has 0 saturated carbocycles. The predicted molar refractivity (Wildman–Crippen MR) is 115 cm³/mol. The number of nitrogens with zero attached hydrogens (tertiary/aromatic N) is 2. The average molecular weight is 375 g/mol. The molecule has 0 aromatic heterocycles. The van der Waals surface area contributed by atoms with Gasteiger partial charge in [-0.25, -0.2) is 0 Å². The van der Waals surface area contributed by atoms with Gasteiger partial charge in [0.2, 0.25) is 0 Å². The molecule has 1 saturated heterocycles. The van der Waals surface area contributed by atoms with Gasteiger partial charge in [-0.1, -0.05) is 32.9 Å². The van der Waals surface area contributed by atoms with Crippen molar-refractivity contribution in [2.24, 2.45) is 16.8 Å². The second kappa shape index (κ2) is 11.2. The van der Waals surface area contributed by atoms with Crippen molar-refractivity contribution in [1.82, 2.24) is 15.5 Å². The Morgan fingerprint density at radius 3 is 2.56 bits per heavy atom. The largest absolute Gasteiger partial charge is 0.493 e. The second-order valence-electron chi connectivity index (χ2n) is 7.91. The maximum atomic E-state index is 5.77. The lowest BCUT2D eigenvalue weighted by Gasteiger charge is -2.19. The molecular formula is C22H38N4O. The third kappa shape index (κ3) is 7.41. The maximum Gasteiger partial charge on any atom is 0.191 e. The number of nitrogens with one attached hydrogen (secondary N) is 2. The van der Waals surface area contributed by atoms with Gasteiger partial charge >= 0.3 is 0 Å². The summed E-state index contributed by atoms with van der Waals surface area (Å²) in [5, 5.41) is 6.91. The van der Waals surface area contributed by atoms with E-state index in [4.69, 9.17) is 9.73 Å². The molecule has 2 atom stereocenters. The zero-order valence-electron chi connectivity index (χ0n) is 17.8. The summed E-state index contributed by atoms with van der Waals surface area (Å²) < 4.78 is 5.77. The van der Waals surface area contributed by atoms with Gasteiger partial charge in [0.05, 0.1) is 12.6 Å². The van der Waals surface area contributed by atoms with E-state index in [0.717, 1.165) is 38.0 Å². The van der Waals surface area contributed by atoms with Gasteiger partial charge in [-0.05, 0) is 62.9 Å². The van der Waals surface area contributed by atoms with Crippen LogP contribution in [0, 0.1) is 11.8 Å². The predicted octanol–water partition coefficient (Wildman–Crippen LogP) is 3.68. The Balaban J connectivity index is 1.89. The Bertz CT molecular complexity index is 570. The molecule has 1 aliphatic rings. The molecule has 1 aliphatic heterocycles. The molecule has 2 N–H and O–H groups in total. The monoisotopic (exact) mass is 374 g/mol. The summed E-state index contributed by atoms with van der Waals surface area (Å²) in [6.07, 6.45) is 1.25. The highest BCUT2D eigenvalue weighted by Crippen LogP contribution is 2.19. The number of likely N-dealkylation sites (tertiary alicyclic amines) is 1. The highest BCUT2D eigenvalue weighted by Gasteiger charge is 2.20. The molecule has 1 heterocycles. The van der Waals surface area contributed by atoms with E-state index in [1.807, 2.05) is 0 Å². The van der Waals surface area contributed by atoms with Crippen LogP contribution in [0.2, 0.25) is 0 Å². The summed E-state index contributed by atoms with van der Waals surface area (Å²) in [6, 6.07) is 8.56. The topological polar surface area (TPSA) is 48.9 Å². The van der Waals surface area contributed by atoms with Crippen molar-refractivity contribution in [2.45, 2.75) is 47.1 Å². The molecule has 27 heavy (non-hydrogen) atoms. The number of benzene rings is 1. The molecule has 1 aromatic rings. The van der Waals surface area contributed by atoms with Crippen molar-refractivity contribution in [2.75, 3.05) is 39.3 Å². The molecule has 1 aromatic carbocycles. The van der Waals surface area contributed by atoms with Gasteiger partial charge in [0.25, 0.3) is 0 Å². The molecular weight excluding hydrogens is 336 g/mol. The van der Waals surface area contributed by atoms with Crippen molar-refractivity contribution >= 4 is 5.96 Å². The first-order chi connectivity index (χ1) is 13.0. The summed E-state index contributed by atoms with van der Waals surface area (Å²) in [4.78, 5) is 7.35. The van der Waals surface area contributed by atoms with Crippen molar-refractivity contribution < 1.29 is 4.74 Å². The fourth-order valence-electron chi connectivity index (χ4n) is 3.29.